The zero-order valence-electron chi connectivity index (χ0n) is 17.9. The van der Waals surface area contributed by atoms with E-state index in [9.17, 15) is 14.4 Å². The highest BCUT2D eigenvalue weighted by atomic mass is 32.1. The van der Waals surface area contributed by atoms with Crippen molar-refractivity contribution in [2.75, 3.05) is 28.8 Å². The summed E-state index contributed by atoms with van der Waals surface area (Å²) in [6.07, 6.45) is -1.06. The van der Waals surface area contributed by atoms with Crippen LogP contribution >= 0.6 is 11.3 Å². The van der Waals surface area contributed by atoms with Crippen molar-refractivity contribution in [3.05, 3.63) is 79.8 Å². The number of anilines is 2. The summed E-state index contributed by atoms with van der Waals surface area (Å²) >= 11 is 1.17. The molecule has 1 N–H and O–H groups in total. The lowest BCUT2D eigenvalue weighted by Crippen LogP contribution is -2.55. The van der Waals surface area contributed by atoms with Crippen LogP contribution in [0.1, 0.15) is 12.5 Å². The number of thiazole rings is 1. The zero-order valence-corrected chi connectivity index (χ0v) is 18.7. The minimum Gasteiger partial charge on any atom is -0.308 e. The van der Waals surface area contributed by atoms with Crippen molar-refractivity contribution >= 4 is 40.2 Å². The van der Waals surface area contributed by atoms with Gasteiger partial charge >= 0.3 is 6.03 Å². The van der Waals surface area contributed by atoms with E-state index < -0.39 is 12.3 Å². The monoisotopic (exact) mass is 460 g/mol. The van der Waals surface area contributed by atoms with E-state index >= 15 is 0 Å². The van der Waals surface area contributed by atoms with Crippen LogP contribution in [0.4, 0.5) is 16.2 Å². The van der Waals surface area contributed by atoms with E-state index in [0.717, 1.165) is 16.9 Å². The van der Waals surface area contributed by atoms with E-state index in [4.69, 9.17) is 4.99 Å². The number of rotatable bonds is 2. The molecule has 2 atom stereocenters. The summed E-state index contributed by atoms with van der Waals surface area (Å²) in [5.41, 5.74) is 5.50. The van der Waals surface area contributed by atoms with Gasteiger partial charge in [-0.05, 0) is 25.1 Å². The molecule has 1 saturated heterocycles. The van der Waals surface area contributed by atoms with Gasteiger partial charge in [0, 0.05) is 24.8 Å². The fourth-order valence-corrected chi connectivity index (χ4v) is 5.71. The van der Waals surface area contributed by atoms with Gasteiger partial charge in [0.2, 0.25) is 4.80 Å². The summed E-state index contributed by atoms with van der Waals surface area (Å²) in [4.78, 5) is 49.7. The van der Waals surface area contributed by atoms with Gasteiger partial charge < -0.3 is 9.80 Å². The van der Waals surface area contributed by atoms with E-state index in [1.807, 2.05) is 61.5 Å². The Morgan fingerprint density at radius 1 is 1.03 bits per heavy atom. The lowest BCUT2D eigenvalue weighted by atomic mass is 10.1. The maximum Gasteiger partial charge on any atom is 0.327 e. The van der Waals surface area contributed by atoms with E-state index in [1.54, 1.807) is 16.8 Å². The average Bonchev–Trinajstić information content (AvgIpc) is 3.39. The molecule has 0 radical (unpaired) electrons. The van der Waals surface area contributed by atoms with Gasteiger partial charge in [-0.2, -0.15) is 4.68 Å². The highest BCUT2D eigenvalue weighted by molar-refractivity contribution is 7.07. The smallest absolute Gasteiger partial charge is 0.308 e. The third-order valence-corrected chi connectivity index (χ3v) is 7.31. The Labute approximate surface area is 192 Å². The SMILES string of the molecule is CCN1C(=O)/C(=c2\sc3n(c2=O)NC2C(N=3)N(c3ccccc3)C(=O)N2C)c2ccccc21. The van der Waals surface area contributed by atoms with Crippen molar-refractivity contribution in [2.24, 2.45) is 4.99 Å². The zero-order chi connectivity index (χ0) is 22.9. The van der Waals surface area contributed by atoms with Crippen LogP contribution in [0.2, 0.25) is 0 Å². The van der Waals surface area contributed by atoms with Crippen LogP contribution in [0, 0.1) is 0 Å². The molecule has 166 valence electrons. The first-order valence-corrected chi connectivity index (χ1v) is 11.5. The molecule has 3 aliphatic heterocycles. The summed E-state index contributed by atoms with van der Waals surface area (Å²) in [5.74, 6) is -0.187. The van der Waals surface area contributed by atoms with Crippen molar-refractivity contribution in [1.29, 1.82) is 0 Å². The molecule has 2 aromatic carbocycles. The standard InChI is InChI=1S/C23H20N6O3S/c1-3-27-15-12-8-7-11-14(15)16(20(27)30)17-21(31)29-22(33-17)24-18-19(25-29)26(2)23(32)28(18)13-9-5-4-6-10-13/h4-12,18-19,25H,3H2,1-2H3/b17-16-. The Hall–Kier alpha value is -3.92. The first-order chi connectivity index (χ1) is 16.0. The third kappa shape index (κ3) is 2.64. The van der Waals surface area contributed by atoms with Crippen LogP contribution in [0.5, 0.6) is 0 Å². The molecule has 0 aliphatic carbocycles. The van der Waals surface area contributed by atoms with Gasteiger partial charge in [0.1, 0.15) is 4.53 Å². The van der Waals surface area contributed by atoms with Crippen molar-refractivity contribution in [2.45, 2.75) is 19.3 Å². The maximum absolute atomic E-state index is 13.4. The summed E-state index contributed by atoms with van der Waals surface area (Å²) in [6, 6.07) is 16.6. The number of carbonyl (C=O) groups is 2. The first-order valence-electron chi connectivity index (χ1n) is 10.6. The second kappa shape index (κ2) is 7.04. The van der Waals surface area contributed by atoms with Crippen molar-refractivity contribution < 1.29 is 9.59 Å². The number of aromatic nitrogens is 1. The number of likely N-dealkylation sites (N-methyl/N-ethyl adjacent to an activating group) is 2. The third-order valence-electron chi connectivity index (χ3n) is 6.26. The predicted octanol–water partition coefficient (Wildman–Crippen LogP) is 0.876. The van der Waals surface area contributed by atoms with Crippen LogP contribution < -0.4 is 30.1 Å². The van der Waals surface area contributed by atoms with Gasteiger partial charge in [-0.15, -0.1) is 0 Å². The Morgan fingerprint density at radius 3 is 2.52 bits per heavy atom. The van der Waals surface area contributed by atoms with E-state index in [1.165, 1.54) is 20.9 Å². The van der Waals surface area contributed by atoms with Crippen molar-refractivity contribution in [3.8, 4) is 0 Å². The first kappa shape index (κ1) is 19.7. The topological polar surface area (TPSA) is 90.2 Å². The van der Waals surface area contributed by atoms with E-state index in [-0.39, 0.29) is 17.5 Å². The number of nitrogens with one attached hydrogen (secondary N) is 1. The fourth-order valence-electron chi connectivity index (χ4n) is 4.66. The highest BCUT2D eigenvalue weighted by Gasteiger charge is 2.47. The molecule has 3 amide bonds. The molecule has 0 spiro atoms. The molecule has 0 saturated carbocycles. The van der Waals surface area contributed by atoms with E-state index in [0.29, 0.717) is 21.5 Å². The van der Waals surface area contributed by atoms with Crippen LogP contribution in [-0.2, 0) is 4.79 Å². The van der Waals surface area contributed by atoms with Crippen LogP contribution in [0.3, 0.4) is 0 Å². The number of nitrogens with zero attached hydrogens (tertiary/aromatic N) is 5. The summed E-state index contributed by atoms with van der Waals surface area (Å²) in [5, 5.41) is 0. The molecule has 3 aliphatic rings. The van der Waals surface area contributed by atoms with Crippen LogP contribution in [-0.4, -0.2) is 47.4 Å². The molecule has 10 heteroatoms. The molecule has 4 heterocycles. The summed E-state index contributed by atoms with van der Waals surface area (Å²) in [6.45, 7) is 2.42. The minimum absolute atomic E-state index is 0.187. The largest absolute Gasteiger partial charge is 0.327 e. The number of urea groups is 1. The number of hydrogen-bond donors (Lipinski definition) is 1. The highest BCUT2D eigenvalue weighted by Crippen LogP contribution is 2.34. The molecule has 9 nitrogen and oxygen atoms in total. The molecule has 3 aromatic rings. The minimum atomic E-state index is -0.542. The molecule has 1 fully saturated rings. The Balaban J connectivity index is 1.56. The quantitative estimate of drug-likeness (QED) is 0.615. The molecular weight excluding hydrogens is 440 g/mol. The lowest BCUT2D eigenvalue weighted by Gasteiger charge is -2.27. The van der Waals surface area contributed by atoms with Crippen LogP contribution in [0.15, 0.2) is 64.4 Å². The number of amides is 3. The van der Waals surface area contributed by atoms with Gasteiger partial charge in [0.15, 0.2) is 12.3 Å². The number of carbonyl (C=O) groups excluding carboxylic acids is 2. The fraction of sp³-hybridized carbons (Fsp3) is 0.217. The van der Waals surface area contributed by atoms with Crippen LogP contribution in [0.25, 0.3) is 5.57 Å². The van der Waals surface area contributed by atoms with E-state index in [2.05, 4.69) is 5.43 Å². The predicted molar refractivity (Wildman–Crippen MR) is 125 cm³/mol. The summed E-state index contributed by atoms with van der Waals surface area (Å²) in [7, 11) is 1.68. The van der Waals surface area contributed by atoms with Gasteiger partial charge in [-0.25, -0.2) is 9.79 Å². The van der Waals surface area contributed by atoms with Gasteiger partial charge in [0.05, 0.1) is 11.3 Å². The molecule has 0 bridgehead atoms. The van der Waals surface area contributed by atoms with Crippen molar-refractivity contribution in [3.63, 3.8) is 0 Å². The average molecular weight is 461 g/mol. The molecule has 6 rings (SSSR count). The van der Waals surface area contributed by atoms with Gasteiger partial charge in [-0.1, -0.05) is 47.7 Å². The molecule has 1 aromatic heterocycles. The van der Waals surface area contributed by atoms with Gasteiger partial charge in [0.25, 0.3) is 11.5 Å². The second-order valence-electron chi connectivity index (χ2n) is 8.01. The summed E-state index contributed by atoms with van der Waals surface area (Å²) < 4.78 is 1.70. The number of para-hydroxylation sites is 2. The Morgan fingerprint density at radius 2 is 1.76 bits per heavy atom. The number of hydrogen-bond acceptors (Lipinski definition) is 6. The molecule has 2 unspecified atom stereocenters. The number of benzene rings is 2. The number of fused-ring (bicyclic) bond motifs is 3. The second-order valence-corrected chi connectivity index (χ2v) is 8.99. The normalized spacial score (nSPS) is 22.7. The maximum atomic E-state index is 13.4. The Kier molecular flexibility index (Phi) is 4.21. The Bertz CT molecular complexity index is 1490. The van der Waals surface area contributed by atoms with Gasteiger partial charge in [-0.3, -0.25) is 19.9 Å². The molecular formula is C23H20N6O3S. The van der Waals surface area contributed by atoms with Crippen molar-refractivity contribution in [1.82, 2.24) is 9.58 Å². The lowest BCUT2D eigenvalue weighted by molar-refractivity contribution is -0.113. The molecule has 33 heavy (non-hydrogen) atoms.